The molecule has 3 aromatic rings. The van der Waals surface area contributed by atoms with E-state index in [2.05, 4.69) is 10.1 Å². The standard InChI is InChI=1S/C20H17ClN2O4/c1-26-19(24)13-27-16-6-4-5-14(11-16)20(25)22-17-8-7-15(21)12-18(17)23-9-2-3-10-23/h2-12H,13H2,1H3,(H,22,25). The zero-order chi connectivity index (χ0) is 19.2. The highest BCUT2D eigenvalue weighted by Gasteiger charge is 2.12. The summed E-state index contributed by atoms with van der Waals surface area (Å²) >= 11 is 6.10. The second kappa shape index (κ2) is 8.42. The normalized spacial score (nSPS) is 10.3. The van der Waals surface area contributed by atoms with Gasteiger partial charge in [-0.3, -0.25) is 4.79 Å². The number of amides is 1. The number of nitrogens with one attached hydrogen (secondary N) is 1. The van der Waals surface area contributed by atoms with Crippen molar-refractivity contribution in [1.82, 2.24) is 4.57 Å². The average Bonchev–Trinajstić information content (AvgIpc) is 3.22. The van der Waals surface area contributed by atoms with Gasteiger partial charge in [0.1, 0.15) is 5.75 Å². The number of aromatic nitrogens is 1. The zero-order valence-electron chi connectivity index (χ0n) is 14.5. The molecule has 0 spiro atoms. The van der Waals surface area contributed by atoms with Crippen molar-refractivity contribution in [2.75, 3.05) is 19.0 Å². The van der Waals surface area contributed by atoms with E-state index in [1.807, 2.05) is 29.1 Å². The molecule has 138 valence electrons. The molecular formula is C20H17ClN2O4. The summed E-state index contributed by atoms with van der Waals surface area (Å²) in [5, 5.41) is 3.44. The van der Waals surface area contributed by atoms with Crippen LogP contribution in [0, 0.1) is 0 Å². The van der Waals surface area contributed by atoms with E-state index in [4.69, 9.17) is 16.3 Å². The summed E-state index contributed by atoms with van der Waals surface area (Å²) in [6.45, 7) is -0.226. The maximum Gasteiger partial charge on any atom is 0.343 e. The van der Waals surface area contributed by atoms with Gasteiger partial charge in [-0.1, -0.05) is 17.7 Å². The highest BCUT2D eigenvalue weighted by atomic mass is 35.5. The molecule has 0 bridgehead atoms. The van der Waals surface area contributed by atoms with Crippen LogP contribution in [0.1, 0.15) is 10.4 Å². The fourth-order valence-corrected chi connectivity index (χ4v) is 2.61. The van der Waals surface area contributed by atoms with Crippen LogP contribution in [0.5, 0.6) is 5.75 Å². The largest absolute Gasteiger partial charge is 0.482 e. The lowest BCUT2D eigenvalue weighted by molar-refractivity contribution is -0.142. The second-order valence-corrected chi connectivity index (χ2v) is 6.03. The number of carbonyl (C=O) groups is 2. The van der Waals surface area contributed by atoms with Crippen molar-refractivity contribution in [3.63, 3.8) is 0 Å². The van der Waals surface area contributed by atoms with E-state index in [1.54, 1.807) is 42.5 Å². The third-order valence-corrected chi connectivity index (χ3v) is 4.01. The molecule has 0 saturated heterocycles. The lowest BCUT2D eigenvalue weighted by Gasteiger charge is -2.13. The molecule has 0 unspecified atom stereocenters. The number of carbonyl (C=O) groups excluding carboxylic acids is 2. The molecule has 0 atom stereocenters. The lowest BCUT2D eigenvalue weighted by Crippen LogP contribution is -2.15. The fraction of sp³-hybridized carbons (Fsp3) is 0.100. The average molecular weight is 385 g/mol. The molecular weight excluding hydrogens is 368 g/mol. The molecule has 6 nitrogen and oxygen atoms in total. The van der Waals surface area contributed by atoms with Gasteiger partial charge in [-0.15, -0.1) is 0 Å². The van der Waals surface area contributed by atoms with Crippen LogP contribution in [-0.4, -0.2) is 30.2 Å². The number of nitrogens with zero attached hydrogens (tertiary/aromatic N) is 1. The molecule has 0 aliphatic rings. The topological polar surface area (TPSA) is 69.6 Å². The number of rotatable bonds is 6. The Hall–Kier alpha value is -3.25. The minimum absolute atomic E-state index is 0.226. The predicted octanol–water partition coefficient (Wildman–Crippen LogP) is 3.93. The minimum atomic E-state index is -0.498. The first-order chi connectivity index (χ1) is 13.1. The molecule has 0 saturated carbocycles. The maximum atomic E-state index is 12.7. The molecule has 1 heterocycles. The monoisotopic (exact) mass is 384 g/mol. The van der Waals surface area contributed by atoms with Crippen molar-refractivity contribution in [3.05, 3.63) is 77.6 Å². The smallest absolute Gasteiger partial charge is 0.343 e. The van der Waals surface area contributed by atoms with Gasteiger partial charge in [-0.05, 0) is 48.5 Å². The Kier molecular flexibility index (Phi) is 5.78. The number of ether oxygens (including phenoxy) is 2. The van der Waals surface area contributed by atoms with Crippen LogP contribution in [0.15, 0.2) is 67.0 Å². The molecule has 1 amide bonds. The number of benzene rings is 2. The maximum absolute atomic E-state index is 12.7. The summed E-state index contributed by atoms with van der Waals surface area (Å²) in [5.74, 6) is -0.411. The van der Waals surface area contributed by atoms with E-state index < -0.39 is 5.97 Å². The molecule has 7 heteroatoms. The van der Waals surface area contributed by atoms with Crippen LogP contribution in [0.25, 0.3) is 5.69 Å². The highest BCUT2D eigenvalue weighted by molar-refractivity contribution is 6.31. The van der Waals surface area contributed by atoms with Crippen LogP contribution < -0.4 is 10.1 Å². The zero-order valence-corrected chi connectivity index (χ0v) is 15.3. The lowest BCUT2D eigenvalue weighted by atomic mass is 10.2. The fourth-order valence-electron chi connectivity index (χ4n) is 2.44. The van der Waals surface area contributed by atoms with Crippen molar-refractivity contribution >= 4 is 29.2 Å². The van der Waals surface area contributed by atoms with E-state index in [9.17, 15) is 9.59 Å². The molecule has 0 aliphatic carbocycles. The quantitative estimate of drug-likeness (QED) is 0.654. The van der Waals surface area contributed by atoms with Crippen LogP contribution in [0.2, 0.25) is 5.02 Å². The number of hydrogen-bond donors (Lipinski definition) is 1. The Bertz CT molecular complexity index is 954. The van der Waals surface area contributed by atoms with Gasteiger partial charge >= 0.3 is 5.97 Å². The number of methoxy groups -OCH3 is 1. The molecule has 2 aromatic carbocycles. The van der Waals surface area contributed by atoms with Crippen molar-refractivity contribution in [2.45, 2.75) is 0 Å². The summed E-state index contributed by atoms with van der Waals surface area (Å²) in [4.78, 5) is 23.8. The van der Waals surface area contributed by atoms with Gasteiger partial charge in [-0.2, -0.15) is 0 Å². The molecule has 27 heavy (non-hydrogen) atoms. The second-order valence-electron chi connectivity index (χ2n) is 5.60. The Morgan fingerprint density at radius 2 is 1.85 bits per heavy atom. The summed E-state index contributed by atoms with van der Waals surface area (Å²) in [7, 11) is 1.28. The van der Waals surface area contributed by atoms with Crippen molar-refractivity contribution < 1.29 is 19.1 Å². The molecule has 0 radical (unpaired) electrons. The van der Waals surface area contributed by atoms with Gasteiger partial charge in [-0.25, -0.2) is 4.79 Å². The first-order valence-corrected chi connectivity index (χ1v) is 8.48. The Morgan fingerprint density at radius 3 is 2.59 bits per heavy atom. The number of anilines is 1. The Balaban J connectivity index is 1.79. The van der Waals surface area contributed by atoms with Crippen LogP contribution in [-0.2, 0) is 9.53 Å². The van der Waals surface area contributed by atoms with Gasteiger partial charge < -0.3 is 19.4 Å². The number of halogens is 1. The molecule has 0 fully saturated rings. The Labute approximate surface area is 161 Å². The number of hydrogen-bond acceptors (Lipinski definition) is 4. The summed E-state index contributed by atoms with van der Waals surface area (Å²) in [6, 6.07) is 15.5. The summed E-state index contributed by atoms with van der Waals surface area (Å²) < 4.78 is 11.7. The predicted molar refractivity (Wildman–Crippen MR) is 103 cm³/mol. The molecule has 1 N–H and O–H groups in total. The van der Waals surface area contributed by atoms with Crippen molar-refractivity contribution in [1.29, 1.82) is 0 Å². The summed E-state index contributed by atoms with van der Waals surface area (Å²) in [5.41, 5.74) is 1.76. The SMILES string of the molecule is COC(=O)COc1cccc(C(=O)Nc2ccc(Cl)cc2-n2cccc2)c1. The van der Waals surface area contributed by atoms with Gasteiger partial charge in [0.25, 0.3) is 5.91 Å². The molecule has 0 aliphatic heterocycles. The van der Waals surface area contributed by atoms with E-state index in [1.165, 1.54) is 7.11 Å². The number of esters is 1. The van der Waals surface area contributed by atoms with Gasteiger partial charge in [0, 0.05) is 23.0 Å². The van der Waals surface area contributed by atoms with Gasteiger partial charge in [0.05, 0.1) is 18.5 Å². The molecule has 3 rings (SSSR count). The van der Waals surface area contributed by atoms with E-state index in [0.29, 0.717) is 22.0 Å². The minimum Gasteiger partial charge on any atom is -0.482 e. The Morgan fingerprint density at radius 1 is 1.07 bits per heavy atom. The van der Waals surface area contributed by atoms with E-state index in [0.717, 1.165) is 5.69 Å². The van der Waals surface area contributed by atoms with Crippen LogP contribution in [0.3, 0.4) is 0 Å². The van der Waals surface area contributed by atoms with Crippen molar-refractivity contribution in [2.24, 2.45) is 0 Å². The van der Waals surface area contributed by atoms with Crippen LogP contribution in [0.4, 0.5) is 5.69 Å². The summed E-state index contributed by atoms with van der Waals surface area (Å²) in [6.07, 6.45) is 3.73. The van der Waals surface area contributed by atoms with E-state index in [-0.39, 0.29) is 12.5 Å². The van der Waals surface area contributed by atoms with Gasteiger partial charge in [0.2, 0.25) is 0 Å². The first kappa shape index (κ1) is 18.5. The van der Waals surface area contributed by atoms with E-state index >= 15 is 0 Å². The third-order valence-electron chi connectivity index (χ3n) is 3.77. The van der Waals surface area contributed by atoms with Crippen molar-refractivity contribution in [3.8, 4) is 11.4 Å². The third kappa shape index (κ3) is 4.68. The highest BCUT2D eigenvalue weighted by Crippen LogP contribution is 2.25. The van der Waals surface area contributed by atoms with Crippen LogP contribution >= 0.6 is 11.6 Å². The molecule has 1 aromatic heterocycles. The first-order valence-electron chi connectivity index (χ1n) is 8.11. The van der Waals surface area contributed by atoms with Gasteiger partial charge in [0.15, 0.2) is 6.61 Å².